The Labute approximate surface area is 263 Å². The maximum atomic E-state index is 13.2. The molecular weight excluding hydrogens is 585 g/mol. The molecule has 0 spiro atoms. The fourth-order valence-corrected chi connectivity index (χ4v) is 6.07. The summed E-state index contributed by atoms with van der Waals surface area (Å²) in [5, 5.41) is 28.4. The molecule has 14 nitrogen and oxygen atoms in total. The number of carboxylic acid groups (broad SMARTS) is 2. The Bertz CT molecular complexity index is 1620. The van der Waals surface area contributed by atoms with Crippen molar-refractivity contribution in [2.45, 2.75) is 37.4 Å². The number of nitrogen functional groups attached to an aromatic ring is 1. The number of aromatic nitrogens is 3. The molecule has 0 unspecified atom stereocenters. The van der Waals surface area contributed by atoms with E-state index in [9.17, 15) is 29.4 Å². The molecule has 1 saturated heterocycles. The molecular formula is C24H23N7NaO7S2+. The number of β-lactam (4-membered cyclic amide) rings is 1. The molecule has 3 aromatic rings. The van der Waals surface area contributed by atoms with E-state index in [1.54, 1.807) is 0 Å². The molecule has 2 aliphatic rings. The zero-order valence-electron chi connectivity index (χ0n) is 22.1. The van der Waals surface area contributed by atoms with Gasteiger partial charge in [-0.2, -0.15) is 0 Å². The van der Waals surface area contributed by atoms with Gasteiger partial charge in [-0.25, -0.2) is 9.78 Å². The quantitative estimate of drug-likeness (QED) is 0.0707. The molecule has 1 fully saturated rings. The fourth-order valence-electron chi connectivity index (χ4n) is 4.18. The van der Waals surface area contributed by atoms with E-state index >= 15 is 0 Å². The van der Waals surface area contributed by atoms with Crippen LogP contribution in [0.3, 0.4) is 0 Å². The summed E-state index contributed by atoms with van der Waals surface area (Å²) in [6.45, 7) is 2.62. The number of anilines is 1. The molecule has 2 atom stereocenters. The molecule has 0 radical (unpaired) electrons. The molecule has 0 bridgehead atoms. The number of aliphatic carboxylic acids is 2. The van der Waals surface area contributed by atoms with Gasteiger partial charge >= 0.3 is 35.5 Å². The number of fused-ring (bicyclic) bond motifs is 2. The number of amides is 2. The second kappa shape index (κ2) is 11.8. The molecule has 2 amide bonds. The summed E-state index contributed by atoms with van der Waals surface area (Å²) in [7, 11) is 0. The van der Waals surface area contributed by atoms with Crippen molar-refractivity contribution in [3.8, 4) is 0 Å². The number of oxime groups is 1. The zero-order valence-corrected chi connectivity index (χ0v) is 25.8. The van der Waals surface area contributed by atoms with Crippen LogP contribution in [0, 0.1) is 0 Å². The second-order valence-corrected chi connectivity index (χ2v) is 11.4. The number of nitrogens with two attached hydrogens (primary N) is 1. The number of hydrogen-bond donors (Lipinski definition) is 3. The topological polar surface area (TPSA) is 196 Å². The summed E-state index contributed by atoms with van der Waals surface area (Å²) >= 11 is 2.33. The van der Waals surface area contributed by atoms with E-state index in [1.165, 1.54) is 35.9 Å². The Hall–Kier alpha value is -3.44. The van der Waals surface area contributed by atoms with Gasteiger partial charge in [0.05, 0.1) is 12.2 Å². The van der Waals surface area contributed by atoms with E-state index in [2.05, 4.69) is 15.5 Å². The van der Waals surface area contributed by atoms with Gasteiger partial charge in [-0.05, 0) is 26.0 Å². The Balaban J connectivity index is 0.00000387. The standard InChI is InChI=1S/C24H23N7O7S2.Na/c1-24(2,22(36)37)38-28-15(14-11-40-23(25)26-14)18(32)27-16-19(33)31-17(21(34)35)12(10-39-20(16)31)9-29-8-6-13-5-3-4-7-30(13)29;/h3-8,11,16,20H,9-10H2,1-2H3,(H4-,25,26,27,32,34,35,36,37);/q;+1/b28-15-;/t16-,20-;/m1./s1. The zero-order chi connectivity index (χ0) is 28.8. The average Bonchev–Trinajstić information content (AvgIpc) is 3.53. The first-order valence-corrected chi connectivity index (χ1v) is 13.8. The molecule has 0 aliphatic carbocycles. The number of thioether (sulfide) groups is 1. The van der Waals surface area contributed by atoms with Crippen LogP contribution < -0.4 is 50.4 Å². The van der Waals surface area contributed by atoms with Crippen molar-refractivity contribution in [3.63, 3.8) is 0 Å². The number of thiazole rings is 1. The maximum absolute atomic E-state index is 13.2. The van der Waals surface area contributed by atoms with Crippen LogP contribution in [0.5, 0.6) is 0 Å². The van der Waals surface area contributed by atoms with Gasteiger partial charge in [0, 0.05) is 22.8 Å². The van der Waals surface area contributed by atoms with Gasteiger partial charge in [-0.15, -0.1) is 32.3 Å². The fraction of sp³-hybridized carbons (Fsp3) is 0.292. The van der Waals surface area contributed by atoms with Crippen LogP contribution in [0.25, 0.3) is 5.52 Å². The number of rotatable bonds is 9. The largest absolute Gasteiger partial charge is 1.00 e. The summed E-state index contributed by atoms with van der Waals surface area (Å²) in [5.41, 5.74) is 4.76. The Kier molecular flexibility index (Phi) is 8.79. The number of pyridine rings is 1. The van der Waals surface area contributed by atoms with Crippen LogP contribution in [0.1, 0.15) is 19.5 Å². The van der Waals surface area contributed by atoms with Crippen LogP contribution in [0.2, 0.25) is 0 Å². The first-order valence-electron chi connectivity index (χ1n) is 11.8. The van der Waals surface area contributed by atoms with Crippen molar-refractivity contribution in [3.05, 3.63) is 59.0 Å². The van der Waals surface area contributed by atoms with E-state index in [-0.39, 0.29) is 52.6 Å². The van der Waals surface area contributed by atoms with E-state index < -0.39 is 46.5 Å². The van der Waals surface area contributed by atoms with Crippen molar-refractivity contribution in [2.75, 3.05) is 11.5 Å². The minimum absolute atomic E-state index is 0. The molecule has 4 N–H and O–H groups in total. The monoisotopic (exact) mass is 608 g/mol. The summed E-state index contributed by atoms with van der Waals surface area (Å²) in [4.78, 5) is 60.2. The smallest absolute Gasteiger partial charge is 0.546 e. The molecule has 2 aliphatic heterocycles. The molecule has 17 heteroatoms. The van der Waals surface area contributed by atoms with E-state index in [1.807, 2.05) is 45.9 Å². The van der Waals surface area contributed by atoms with E-state index in [4.69, 9.17) is 10.6 Å². The van der Waals surface area contributed by atoms with Crippen LogP contribution >= 0.6 is 23.1 Å². The molecule has 208 valence electrons. The van der Waals surface area contributed by atoms with Crippen LogP contribution in [-0.2, 0) is 30.6 Å². The van der Waals surface area contributed by atoms with E-state index in [0.717, 1.165) is 16.9 Å². The molecule has 0 aromatic carbocycles. The van der Waals surface area contributed by atoms with Gasteiger partial charge in [0.25, 0.3) is 11.8 Å². The number of carbonyl (C=O) groups excluding carboxylic acids is 3. The first kappa shape index (κ1) is 30.5. The Morgan fingerprint density at radius 2 is 2.10 bits per heavy atom. The van der Waals surface area contributed by atoms with Crippen molar-refractivity contribution < 1.29 is 68.5 Å². The molecule has 5 rings (SSSR count). The van der Waals surface area contributed by atoms with Gasteiger partial charge in [0.1, 0.15) is 28.3 Å². The van der Waals surface area contributed by atoms with Gasteiger partial charge in [0.2, 0.25) is 0 Å². The van der Waals surface area contributed by atoms with Crippen LogP contribution in [-0.4, -0.2) is 71.7 Å². The van der Waals surface area contributed by atoms with Crippen LogP contribution in [0.15, 0.2) is 58.5 Å². The van der Waals surface area contributed by atoms with Crippen molar-refractivity contribution >= 4 is 63.2 Å². The van der Waals surface area contributed by atoms with Gasteiger partial charge in [0.15, 0.2) is 29.2 Å². The van der Waals surface area contributed by atoms with Crippen molar-refractivity contribution in [1.82, 2.24) is 19.7 Å². The minimum Gasteiger partial charge on any atom is -0.546 e. The second-order valence-electron chi connectivity index (χ2n) is 9.40. The van der Waals surface area contributed by atoms with Crippen molar-refractivity contribution in [2.24, 2.45) is 5.16 Å². The number of carboxylic acids is 2. The van der Waals surface area contributed by atoms with Gasteiger partial charge in [-0.1, -0.05) is 11.2 Å². The number of carbonyl (C=O) groups is 4. The normalized spacial score (nSPS) is 18.8. The molecule has 0 saturated carbocycles. The minimum atomic E-state index is -1.86. The van der Waals surface area contributed by atoms with Crippen molar-refractivity contribution in [1.29, 1.82) is 0 Å². The SMILES string of the molecule is CC(C)(O/N=C(\C(=O)N[C@@H]1C(=O)N2C(C(=O)O)=C(C[n+]3ccc4ccccn43)CS[C@H]12)c1csc(N)n1)C(=O)[O-].[Na+]. The molecule has 41 heavy (non-hydrogen) atoms. The Morgan fingerprint density at radius 3 is 2.76 bits per heavy atom. The Morgan fingerprint density at radius 1 is 1.34 bits per heavy atom. The number of hydrogen-bond acceptors (Lipinski definition) is 11. The third kappa shape index (κ3) is 5.83. The summed E-state index contributed by atoms with van der Waals surface area (Å²) in [6, 6.07) is 6.50. The summed E-state index contributed by atoms with van der Waals surface area (Å²) < 4.78 is 3.72. The van der Waals surface area contributed by atoms with Gasteiger partial charge in [-0.3, -0.25) is 14.5 Å². The third-order valence-electron chi connectivity index (χ3n) is 6.29. The predicted molar refractivity (Wildman–Crippen MR) is 141 cm³/mol. The maximum Gasteiger partial charge on any atom is 1.00 e. The summed E-state index contributed by atoms with van der Waals surface area (Å²) in [5.74, 6) is -3.99. The number of nitrogens with zero attached hydrogens (tertiary/aromatic N) is 5. The molecule has 5 heterocycles. The summed E-state index contributed by atoms with van der Waals surface area (Å²) in [6.07, 6.45) is 3.68. The predicted octanol–water partition coefficient (Wildman–Crippen LogP) is -4.04. The van der Waals surface area contributed by atoms with E-state index in [0.29, 0.717) is 11.3 Å². The number of nitrogens with one attached hydrogen (secondary N) is 1. The third-order valence-corrected chi connectivity index (χ3v) is 8.30. The average molecular weight is 609 g/mol. The molecule has 3 aromatic heterocycles. The van der Waals surface area contributed by atoms with Crippen LogP contribution in [0.4, 0.5) is 5.13 Å². The first-order chi connectivity index (χ1) is 19.0. The van der Waals surface area contributed by atoms with Gasteiger partial charge < -0.3 is 30.9 Å².